The van der Waals surface area contributed by atoms with E-state index in [0.717, 1.165) is 16.3 Å². The Morgan fingerprint density at radius 1 is 1.21 bits per heavy atom. The van der Waals surface area contributed by atoms with E-state index in [-0.39, 0.29) is 5.69 Å². The van der Waals surface area contributed by atoms with Crippen LogP contribution in [0.2, 0.25) is 0 Å². The molecule has 1 heterocycles. The average Bonchev–Trinajstić information content (AvgIpc) is 2.61. The molecule has 0 radical (unpaired) electrons. The molecule has 0 spiro atoms. The van der Waals surface area contributed by atoms with Gasteiger partial charge >= 0.3 is 0 Å². The van der Waals surface area contributed by atoms with Gasteiger partial charge in [-0.1, -0.05) is 42.5 Å². The highest BCUT2D eigenvalue weighted by atomic mass is 16.3. The molecular formula is C18H17N3O3. The van der Waals surface area contributed by atoms with Crippen LogP contribution < -0.4 is 10.7 Å². The number of aromatic nitrogens is 2. The average molecular weight is 323 g/mol. The lowest BCUT2D eigenvalue weighted by molar-refractivity contribution is 0.0953. The molecular weight excluding hydrogens is 306 g/mol. The van der Waals surface area contributed by atoms with Gasteiger partial charge in [-0.05, 0) is 22.8 Å². The minimum Gasteiger partial charge on any atom is -0.503 e. The molecule has 0 aliphatic heterocycles. The molecule has 2 aromatic carbocycles. The van der Waals surface area contributed by atoms with E-state index in [1.807, 2.05) is 36.4 Å². The Kier molecular flexibility index (Phi) is 4.29. The number of aromatic hydroxyl groups is 1. The van der Waals surface area contributed by atoms with Gasteiger partial charge in [-0.3, -0.25) is 14.3 Å². The van der Waals surface area contributed by atoms with E-state index in [9.17, 15) is 14.7 Å². The Morgan fingerprint density at radius 3 is 2.75 bits per heavy atom. The van der Waals surface area contributed by atoms with Crippen molar-refractivity contribution in [1.29, 1.82) is 0 Å². The Balaban J connectivity index is 1.90. The predicted molar refractivity (Wildman–Crippen MR) is 91.2 cm³/mol. The summed E-state index contributed by atoms with van der Waals surface area (Å²) in [5.74, 6) is -1.10. The first kappa shape index (κ1) is 15.7. The van der Waals surface area contributed by atoms with Gasteiger partial charge in [0.2, 0.25) is 0 Å². The highest BCUT2D eigenvalue weighted by Crippen LogP contribution is 2.19. The summed E-state index contributed by atoms with van der Waals surface area (Å²) in [4.78, 5) is 23.5. The Bertz CT molecular complexity index is 958. The quantitative estimate of drug-likeness (QED) is 0.765. The molecule has 6 nitrogen and oxygen atoms in total. The third-order valence-electron chi connectivity index (χ3n) is 3.88. The number of carbonyl (C=O) groups is 1. The zero-order chi connectivity index (χ0) is 17.1. The summed E-state index contributed by atoms with van der Waals surface area (Å²) >= 11 is 0. The second-order valence-electron chi connectivity index (χ2n) is 5.42. The van der Waals surface area contributed by atoms with Crippen LogP contribution in [0.3, 0.4) is 0 Å². The smallest absolute Gasteiger partial charge is 0.275 e. The van der Waals surface area contributed by atoms with Gasteiger partial charge in [0, 0.05) is 13.6 Å². The minimum atomic E-state index is -0.768. The van der Waals surface area contributed by atoms with E-state index >= 15 is 0 Å². The van der Waals surface area contributed by atoms with E-state index in [1.54, 1.807) is 0 Å². The molecule has 0 atom stereocenters. The number of benzene rings is 2. The molecule has 3 aromatic rings. The first-order valence-corrected chi connectivity index (χ1v) is 7.59. The number of fused-ring (bicyclic) bond motifs is 1. The lowest BCUT2D eigenvalue weighted by Crippen LogP contribution is -2.29. The topological polar surface area (TPSA) is 84.2 Å². The number of rotatable bonds is 4. The van der Waals surface area contributed by atoms with Gasteiger partial charge in [0.15, 0.2) is 11.4 Å². The van der Waals surface area contributed by atoms with Crippen molar-refractivity contribution in [2.45, 2.75) is 13.0 Å². The van der Waals surface area contributed by atoms with Crippen LogP contribution in [-0.2, 0) is 13.0 Å². The third kappa shape index (κ3) is 2.99. The minimum absolute atomic E-state index is 0.310. The van der Waals surface area contributed by atoms with Crippen LogP contribution in [0.1, 0.15) is 16.1 Å². The summed E-state index contributed by atoms with van der Waals surface area (Å²) in [5, 5.41) is 18.4. The van der Waals surface area contributed by atoms with Crippen molar-refractivity contribution >= 4 is 16.7 Å². The summed E-state index contributed by atoms with van der Waals surface area (Å²) < 4.78 is 1.42. The van der Waals surface area contributed by atoms with Crippen LogP contribution in [-0.4, -0.2) is 27.8 Å². The number of nitrogens with one attached hydrogen (secondary N) is 1. The van der Waals surface area contributed by atoms with Crippen molar-refractivity contribution in [2.24, 2.45) is 0 Å². The summed E-state index contributed by atoms with van der Waals surface area (Å²) in [5.41, 5.74) is 0.0563. The summed E-state index contributed by atoms with van der Waals surface area (Å²) in [7, 11) is 1.41. The van der Waals surface area contributed by atoms with E-state index in [2.05, 4.69) is 16.5 Å². The number of nitrogens with zero attached hydrogens (tertiary/aromatic N) is 2. The molecule has 6 heteroatoms. The van der Waals surface area contributed by atoms with Gasteiger partial charge in [-0.25, -0.2) is 0 Å². The van der Waals surface area contributed by atoms with Gasteiger partial charge in [0.05, 0.1) is 6.20 Å². The van der Waals surface area contributed by atoms with Crippen LogP contribution in [0.15, 0.2) is 53.5 Å². The van der Waals surface area contributed by atoms with Crippen LogP contribution in [0, 0.1) is 0 Å². The van der Waals surface area contributed by atoms with Crippen molar-refractivity contribution in [3.8, 4) is 5.75 Å². The fourth-order valence-corrected chi connectivity index (χ4v) is 2.65. The third-order valence-corrected chi connectivity index (χ3v) is 3.88. The molecule has 122 valence electrons. The highest BCUT2D eigenvalue weighted by Gasteiger charge is 2.15. The maximum Gasteiger partial charge on any atom is 0.275 e. The molecule has 0 fully saturated rings. The SMILES string of the molecule is CNC(=O)c1nn(CCc2cccc3ccccc23)cc(O)c1=O. The zero-order valence-electron chi connectivity index (χ0n) is 13.2. The molecule has 0 unspecified atom stereocenters. The molecule has 3 rings (SSSR count). The molecule has 0 bridgehead atoms. The monoisotopic (exact) mass is 323 g/mol. The van der Waals surface area contributed by atoms with E-state index in [4.69, 9.17) is 0 Å². The first-order chi connectivity index (χ1) is 11.6. The van der Waals surface area contributed by atoms with Crippen LogP contribution >= 0.6 is 0 Å². The van der Waals surface area contributed by atoms with Gasteiger partial charge in [0.1, 0.15) is 0 Å². The standard InChI is InChI=1S/C18H17N3O3/c1-19-18(24)16-17(23)15(22)11-21(20-16)10-9-13-7-4-6-12-5-2-3-8-14(12)13/h2-8,11,22H,9-10H2,1H3,(H,19,24). The number of amides is 1. The molecule has 1 amide bonds. The number of hydrogen-bond acceptors (Lipinski definition) is 4. The Hall–Kier alpha value is -3.15. The molecule has 2 N–H and O–H groups in total. The molecule has 0 aliphatic rings. The van der Waals surface area contributed by atoms with Gasteiger partial charge in [-0.2, -0.15) is 5.10 Å². The summed E-state index contributed by atoms with van der Waals surface area (Å²) in [6.07, 6.45) is 1.91. The highest BCUT2D eigenvalue weighted by molar-refractivity contribution is 5.92. The second kappa shape index (κ2) is 6.54. The largest absolute Gasteiger partial charge is 0.503 e. The lowest BCUT2D eigenvalue weighted by atomic mass is 10.0. The fourth-order valence-electron chi connectivity index (χ4n) is 2.65. The number of carbonyl (C=O) groups excluding carboxylic acids is 1. The summed E-state index contributed by atoms with van der Waals surface area (Å²) in [6.45, 7) is 0.436. The molecule has 0 aliphatic carbocycles. The van der Waals surface area contributed by atoms with Crippen molar-refractivity contribution in [3.05, 3.63) is 70.1 Å². The van der Waals surface area contributed by atoms with Gasteiger partial charge < -0.3 is 10.4 Å². The molecule has 1 aromatic heterocycles. The first-order valence-electron chi connectivity index (χ1n) is 7.59. The number of aryl methyl sites for hydroxylation is 2. The Morgan fingerprint density at radius 2 is 1.96 bits per heavy atom. The number of hydrogen-bond donors (Lipinski definition) is 2. The van der Waals surface area contributed by atoms with Crippen molar-refractivity contribution in [2.75, 3.05) is 7.05 Å². The van der Waals surface area contributed by atoms with E-state index < -0.39 is 17.1 Å². The summed E-state index contributed by atoms with van der Waals surface area (Å²) in [6, 6.07) is 14.1. The fraction of sp³-hybridized carbons (Fsp3) is 0.167. The maximum absolute atomic E-state index is 11.8. The Labute approximate surface area is 138 Å². The molecule has 0 saturated heterocycles. The van der Waals surface area contributed by atoms with Crippen LogP contribution in [0.4, 0.5) is 0 Å². The van der Waals surface area contributed by atoms with Crippen molar-refractivity contribution < 1.29 is 9.90 Å². The lowest BCUT2D eigenvalue weighted by Gasteiger charge is -2.10. The van der Waals surface area contributed by atoms with Crippen LogP contribution in [0.25, 0.3) is 10.8 Å². The zero-order valence-corrected chi connectivity index (χ0v) is 13.2. The maximum atomic E-state index is 11.8. The van der Waals surface area contributed by atoms with Gasteiger partial charge in [0.25, 0.3) is 11.3 Å². The molecule has 24 heavy (non-hydrogen) atoms. The predicted octanol–water partition coefficient (Wildman–Crippen LogP) is 1.70. The van der Waals surface area contributed by atoms with E-state index in [1.165, 1.54) is 17.9 Å². The van der Waals surface area contributed by atoms with Gasteiger partial charge in [-0.15, -0.1) is 0 Å². The normalized spacial score (nSPS) is 10.7. The van der Waals surface area contributed by atoms with Crippen molar-refractivity contribution in [1.82, 2.24) is 15.1 Å². The molecule has 0 saturated carbocycles. The van der Waals surface area contributed by atoms with Crippen molar-refractivity contribution in [3.63, 3.8) is 0 Å². The van der Waals surface area contributed by atoms with Crippen LogP contribution in [0.5, 0.6) is 5.75 Å². The van der Waals surface area contributed by atoms with E-state index in [0.29, 0.717) is 13.0 Å². The second-order valence-corrected chi connectivity index (χ2v) is 5.42.